The second-order valence-corrected chi connectivity index (χ2v) is 9.83. The molecule has 0 saturated heterocycles. The van der Waals surface area contributed by atoms with Crippen LogP contribution in [0.5, 0.6) is 0 Å². The molecule has 1 aliphatic heterocycles. The monoisotopic (exact) mass is 508 g/mol. The number of carbonyl (C=O) groups excluding carboxylic acids is 3. The van der Waals surface area contributed by atoms with Gasteiger partial charge in [-0.1, -0.05) is 55.8 Å². The molecule has 0 fully saturated rings. The number of allylic oxidation sites excluding steroid dienone is 1. The molecule has 1 unspecified atom stereocenters. The lowest BCUT2D eigenvalue weighted by molar-refractivity contribution is -0.190. The van der Waals surface area contributed by atoms with Crippen molar-refractivity contribution in [3.05, 3.63) is 81.8 Å². The fourth-order valence-electron chi connectivity index (χ4n) is 4.67. The predicted octanol–water partition coefficient (Wildman–Crippen LogP) is 5.20. The van der Waals surface area contributed by atoms with E-state index in [-0.39, 0.29) is 30.1 Å². The molecule has 1 N–H and O–H groups in total. The highest BCUT2D eigenvalue weighted by molar-refractivity contribution is 6.31. The Balaban J connectivity index is 1.90. The molecule has 184 valence electrons. The van der Waals surface area contributed by atoms with Crippen LogP contribution in [0.2, 0.25) is 5.02 Å². The zero-order valence-electron chi connectivity index (χ0n) is 18.8. The van der Waals surface area contributed by atoms with Crippen LogP contribution in [0.1, 0.15) is 42.6 Å². The van der Waals surface area contributed by atoms with Crippen molar-refractivity contribution in [1.29, 1.82) is 0 Å². The number of carbonyl (C=O) groups is 3. The van der Waals surface area contributed by atoms with Crippen LogP contribution in [0, 0.1) is 11.2 Å². The van der Waals surface area contributed by atoms with Crippen molar-refractivity contribution >= 4 is 29.2 Å². The molecule has 0 radical (unpaired) electrons. The summed E-state index contributed by atoms with van der Waals surface area (Å²) in [6.07, 6.45) is -5.66. The van der Waals surface area contributed by atoms with E-state index in [4.69, 9.17) is 11.6 Å². The van der Waals surface area contributed by atoms with Crippen molar-refractivity contribution in [3.63, 3.8) is 0 Å². The second kappa shape index (κ2) is 8.48. The van der Waals surface area contributed by atoms with Crippen molar-refractivity contribution < 1.29 is 31.9 Å². The summed E-state index contributed by atoms with van der Waals surface area (Å²) in [4.78, 5) is 40.5. The number of Topliss-reactive ketones (excluding diaryl/α,β-unsaturated/α-hetero) is 1. The lowest BCUT2D eigenvalue weighted by Crippen LogP contribution is -2.66. The van der Waals surface area contributed by atoms with Gasteiger partial charge in [0, 0.05) is 17.1 Å². The van der Waals surface area contributed by atoms with Crippen LogP contribution in [0.25, 0.3) is 0 Å². The Bertz CT molecular complexity index is 1270. The number of nitrogens with one attached hydrogen (secondary N) is 1. The van der Waals surface area contributed by atoms with Gasteiger partial charge in [-0.25, -0.2) is 4.39 Å². The molecule has 4 rings (SSSR count). The maximum Gasteiger partial charge on any atom is 0.425 e. The first-order valence-electron chi connectivity index (χ1n) is 10.7. The Hall–Kier alpha value is -3.20. The van der Waals surface area contributed by atoms with Gasteiger partial charge in [-0.05, 0) is 35.6 Å². The number of rotatable bonds is 4. The smallest absolute Gasteiger partial charge is 0.326 e. The molecule has 1 heterocycles. The van der Waals surface area contributed by atoms with Gasteiger partial charge in [0.2, 0.25) is 5.54 Å². The summed E-state index contributed by atoms with van der Waals surface area (Å²) in [5, 5.41) is 1.95. The van der Waals surface area contributed by atoms with E-state index in [1.807, 2.05) is 0 Å². The number of benzene rings is 2. The standard InChI is InChI=1S/C25H21ClF4N2O3/c1-23(2)11-18-20(19(33)12-23)24(25(28,29)30,31-21(34)15-8-4-6-10-17(15)27)22(35)32(18)13-14-7-3-5-9-16(14)26/h3-10H,11-13H2,1-2H3,(H,31,34). The maximum absolute atomic E-state index is 14.8. The van der Waals surface area contributed by atoms with Crippen molar-refractivity contribution in [3.8, 4) is 0 Å². The van der Waals surface area contributed by atoms with E-state index in [1.54, 1.807) is 37.4 Å². The minimum atomic E-state index is -5.39. The Labute approximate surface area is 203 Å². The molecule has 0 aromatic heterocycles. The SMILES string of the molecule is CC1(C)CC(=O)C2=C(C1)N(Cc1ccccc1Cl)C(=O)C2(NC(=O)c1ccccc1F)C(F)(F)F. The lowest BCUT2D eigenvalue weighted by atomic mass is 9.72. The van der Waals surface area contributed by atoms with Crippen molar-refractivity contribution in [2.24, 2.45) is 5.41 Å². The summed E-state index contributed by atoms with van der Waals surface area (Å²) >= 11 is 6.20. The number of hydrogen-bond donors (Lipinski definition) is 1. The first-order chi connectivity index (χ1) is 16.3. The van der Waals surface area contributed by atoms with Gasteiger partial charge in [-0.15, -0.1) is 0 Å². The van der Waals surface area contributed by atoms with E-state index >= 15 is 0 Å². The van der Waals surface area contributed by atoms with Crippen LogP contribution < -0.4 is 5.32 Å². The first-order valence-corrected chi connectivity index (χ1v) is 11.1. The molecular formula is C25H21ClF4N2O3. The Morgan fingerprint density at radius 1 is 1.06 bits per heavy atom. The fourth-order valence-corrected chi connectivity index (χ4v) is 4.87. The molecule has 2 aromatic carbocycles. The number of alkyl halides is 3. The van der Waals surface area contributed by atoms with Crippen LogP contribution in [-0.2, 0) is 16.1 Å². The molecule has 0 bridgehead atoms. The van der Waals surface area contributed by atoms with E-state index in [0.717, 1.165) is 17.0 Å². The number of halogens is 5. The molecule has 0 saturated carbocycles. The van der Waals surface area contributed by atoms with E-state index in [2.05, 4.69) is 0 Å². The number of hydrogen-bond acceptors (Lipinski definition) is 3. The molecule has 10 heteroatoms. The van der Waals surface area contributed by atoms with Gasteiger partial charge in [0.1, 0.15) is 5.82 Å². The third-order valence-electron chi connectivity index (χ3n) is 6.25. The van der Waals surface area contributed by atoms with Gasteiger partial charge in [0.05, 0.1) is 17.7 Å². The van der Waals surface area contributed by atoms with Crippen LogP contribution >= 0.6 is 11.6 Å². The highest BCUT2D eigenvalue weighted by Crippen LogP contribution is 2.52. The van der Waals surface area contributed by atoms with Gasteiger partial charge < -0.3 is 10.2 Å². The molecule has 0 spiro atoms. The topological polar surface area (TPSA) is 66.5 Å². The van der Waals surface area contributed by atoms with Crippen LogP contribution in [0.15, 0.2) is 59.8 Å². The van der Waals surface area contributed by atoms with Gasteiger partial charge in [-0.2, -0.15) is 13.2 Å². The van der Waals surface area contributed by atoms with Gasteiger partial charge in [-0.3, -0.25) is 14.4 Å². The largest absolute Gasteiger partial charge is 0.425 e. The van der Waals surface area contributed by atoms with Crippen LogP contribution in [-0.4, -0.2) is 34.2 Å². The Morgan fingerprint density at radius 2 is 1.69 bits per heavy atom. The lowest BCUT2D eigenvalue weighted by Gasteiger charge is -2.35. The van der Waals surface area contributed by atoms with Crippen molar-refractivity contribution in [1.82, 2.24) is 10.2 Å². The summed E-state index contributed by atoms with van der Waals surface area (Å²) in [5.74, 6) is -4.97. The molecule has 35 heavy (non-hydrogen) atoms. The second-order valence-electron chi connectivity index (χ2n) is 9.43. The average Bonchev–Trinajstić information content (AvgIpc) is 2.97. The third-order valence-corrected chi connectivity index (χ3v) is 6.62. The van der Waals surface area contributed by atoms with Gasteiger partial charge in [0.15, 0.2) is 5.78 Å². The van der Waals surface area contributed by atoms with Crippen molar-refractivity contribution in [2.75, 3.05) is 0 Å². The van der Waals surface area contributed by atoms with E-state index < -0.39 is 51.7 Å². The quantitative estimate of drug-likeness (QED) is 0.578. The molecule has 2 amide bonds. The zero-order chi connectivity index (χ0) is 25.8. The maximum atomic E-state index is 14.8. The molecule has 2 aromatic rings. The normalized spacial score (nSPS) is 21.9. The minimum absolute atomic E-state index is 0.0162. The minimum Gasteiger partial charge on any atom is -0.326 e. The molecule has 1 atom stereocenters. The summed E-state index contributed by atoms with van der Waals surface area (Å²) in [6.45, 7) is 3.07. The van der Waals surface area contributed by atoms with Gasteiger partial charge in [0.25, 0.3) is 11.8 Å². The van der Waals surface area contributed by atoms with Crippen LogP contribution in [0.4, 0.5) is 17.6 Å². The number of amides is 2. The van der Waals surface area contributed by atoms with E-state index in [1.165, 1.54) is 18.2 Å². The molecule has 5 nitrogen and oxygen atoms in total. The molecular weight excluding hydrogens is 488 g/mol. The molecule has 2 aliphatic rings. The summed E-state index contributed by atoms with van der Waals surface area (Å²) in [7, 11) is 0. The number of nitrogens with zero attached hydrogens (tertiary/aromatic N) is 1. The van der Waals surface area contributed by atoms with E-state index in [9.17, 15) is 31.9 Å². The first kappa shape index (κ1) is 24.9. The molecule has 1 aliphatic carbocycles. The summed E-state index contributed by atoms with van der Waals surface area (Å²) in [6, 6.07) is 10.8. The zero-order valence-corrected chi connectivity index (χ0v) is 19.6. The highest BCUT2D eigenvalue weighted by Gasteiger charge is 2.71. The Kier molecular flexibility index (Phi) is 6.03. The Morgan fingerprint density at radius 3 is 2.31 bits per heavy atom. The van der Waals surface area contributed by atoms with Crippen molar-refractivity contribution in [2.45, 2.75) is 44.9 Å². The fraction of sp³-hybridized carbons (Fsp3) is 0.320. The predicted molar refractivity (Wildman–Crippen MR) is 120 cm³/mol. The number of ketones is 1. The average molecular weight is 509 g/mol. The van der Waals surface area contributed by atoms with Crippen LogP contribution in [0.3, 0.4) is 0 Å². The summed E-state index contributed by atoms with van der Waals surface area (Å²) < 4.78 is 58.6. The van der Waals surface area contributed by atoms with E-state index in [0.29, 0.717) is 5.56 Å². The van der Waals surface area contributed by atoms with Gasteiger partial charge >= 0.3 is 6.18 Å². The summed E-state index contributed by atoms with van der Waals surface area (Å²) in [5.41, 5.74) is -5.65. The third kappa shape index (κ3) is 4.11. The highest BCUT2D eigenvalue weighted by atomic mass is 35.5.